The first-order chi connectivity index (χ1) is 34.5. The molecule has 0 amide bonds. The summed E-state index contributed by atoms with van der Waals surface area (Å²) >= 11 is 0. The summed E-state index contributed by atoms with van der Waals surface area (Å²) in [6, 6.07) is 82.0. The molecule has 0 saturated heterocycles. The molecule has 332 valence electrons. The molecule has 0 fully saturated rings. The third kappa shape index (κ3) is 6.10. The third-order valence-electron chi connectivity index (χ3n) is 14.4. The van der Waals surface area contributed by atoms with Crippen LogP contribution in [-0.4, -0.2) is 8.07 Å². The number of rotatable bonds is 8. The van der Waals surface area contributed by atoms with Crippen LogP contribution in [0.15, 0.2) is 244 Å². The van der Waals surface area contributed by atoms with Gasteiger partial charge in [-0.25, -0.2) is 0 Å². The molecule has 4 heterocycles. The average Bonchev–Trinajstić information content (AvgIpc) is 4.16. The molecule has 0 unspecified atom stereocenters. The van der Waals surface area contributed by atoms with Crippen LogP contribution in [-0.2, 0) is 0 Å². The molecular formula is C64H44N2O3Si. The van der Waals surface area contributed by atoms with Gasteiger partial charge < -0.3 is 23.1 Å². The second-order valence-electron chi connectivity index (χ2n) is 18.8. The first kappa shape index (κ1) is 40.2. The van der Waals surface area contributed by atoms with E-state index in [4.69, 9.17) is 13.3 Å². The topological polar surface area (TPSA) is 45.9 Å². The minimum Gasteiger partial charge on any atom is -0.456 e. The van der Waals surface area contributed by atoms with Gasteiger partial charge in [-0.3, -0.25) is 0 Å². The van der Waals surface area contributed by atoms with Gasteiger partial charge in [0.05, 0.1) is 33.5 Å². The average molecular weight is 917 g/mol. The Hall–Kier alpha value is -8.84. The summed E-state index contributed by atoms with van der Waals surface area (Å²) in [6.07, 6.45) is 0. The van der Waals surface area contributed by atoms with Gasteiger partial charge >= 0.3 is 0 Å². The molecule has 0 atom stereocenters. The number of nitrogens with zero attached hydrogens (tertiary/aromatic N) is 2. The van der Waals surface area contributed by atoms with Crippen LogP contribution in [0.25, 0.3) is 88.4 Å². The number of benzene rings is 10. The van der Waals surface area contributed by atoms with E-state index in [1.807, 2.05) is 18.2 Å². The maximum absolute atomic E-state index is 7.30. The molecule has 0 spiro atoms. The van der Waals surface area contributed by atoms with E-state index in [2.05, 4.69) is 235 Å². The number of hydrogen-bond donors (Lipinski definition) is 0. The van der Waals surface area contributed by atoms with Crippen molar-refractivity contribution in [1.29, 1.82) is 0 Å². The summed E-state index contributed by atoms with van der Waals surface area (Å²) in [5.74, 6) is 0.961. The van der Waals surface area contributed by atoms with Crippen molar-refractivity contribution in [3.8, 4) is 33.6 Å². The second-order valence-corrected chi connectivity index (χ2v) is 23.1. The van der Waals surface area contributed by atoms with Crippen LogP contribution in [0.5, 0.6) is 0 Å². The minimum absolute atomic E-state index is 0.844. The Morgan fingerprint density at radius 3 is 1.36 bits per heavy atom. The molecule has 3 aromatic heterocycles. The van der Waals surface area contributed by atoms with E-state index in [0.717, 1.165) is 123 Å². The molecule has 6 heteroatoms. The van der Waals surface area contributed by atoms with Gasteiger partial charge in [0, 0.05) is 50.3 Å². The van der Waals surface area contributed by atoms with E-state index in [1.165, 1.54) is 10.4 Å². The van der Waals surface area contributed by atoms with Crippen molar-refractivity contribution in [2.45, 2.75) is 13.1 Å². The zero-order chi connectivity index (χ0) is 46.5. The molecular weight excluding hydrogens is 873 g/mol. The van der Waals surface area contributed by atoms with Crippen molar-refractivity contribution < 1.29 is 13.3 Å². The Morgan fingerprint density at radius 2 is 0.786 bits per heavy atom. The summed E-state index contributed by atoms with van der Waals surface area (Å²) in [4.78, 5) is 4.80. The number of anilines is 6. The fourth-order valence-electron chi connectivity index (χ4n) is 11.3. The highest BCUT2D eigenvalue weighted by molar-refractivity contribution is 7.05. The van der Waals surface area contributed by atoms with Gasteiger partial charge in [-0.05, 0) is 94.3 Å². The monoisotopic (exact) mass is 916 g/mol. The molecule has 5 nitrogen and oxygen atoms in total. The molecule has 1 aliphatic rings. The molecule has 0 N–H and O–H groups in total. The minimum atomic E-state index is -2.28. The van der Waals surface area contributed by atoms with E-state index in [1.54, 1.807) is 0 Å². The second kappa shape index (κ2) is 15.6. The number of fused-ring (bicyclic) bond motifs is 11. The van der Waals surface area contributed by atoms with Gasteiger partial charge in [-0.15, -0.1) is 0 Å². The highest BCUT2D eigenvalue weighted by Crippen LogP contribution is 2.50. The lowest BCUT2D eigenvalue weighted by Crippen LogP contribution is -2.49. The van der Waals surface area contributed by atoms with Crippen LogP contribution in [0, 0.1) is 0 Å². The summed E-state index contributed by atoms with van der Waals surface area (Å²) in [5, 5.41) is 8.17. The highest BCUT2D eigenvalue weighted by atomic mass is 28.3. The molecule has 14 rings (SSSR count). The van der Waals surface area contributed by atoms with Gasteiger partial charge in [0.15, 0.2) is 0 Å². The maximum atomic E-state index is 7.30. The molecule has 0 radical (unpaired) electrons. The van der Waals surface area contributed by atoms with Crippen LogP contribution in [0.1, 0.15) is 0 Å². The molecule has 0 saturated carbocycles. The molecule has 1 aliphatic heterocycles. The van der Waals surface area contributed by atoms with Crippen molar-refractivity contribution in [2.75, 3.05) is 9.80 Å². The summed E-state index contributed by atoms with van der Waals surface area (Å²) in [5.41, 5.74) is 16.3. The van der Waals surface area contributed by atoms with Crippen LogP contribution >= 0.6 is 0 Å². The Kier molecular flexibility index (Phi) is 8.97. The van der Waals surface area contributed by atoms with Crippen LogP contribution in [0.2, 0.25) is 13.1 Å². The Bertz CT molecular complexity index is 4180. The molecule has 10 aromatic carbocycles. The number of hydrogen-bond acceptors (Lipinski definition) is 5. The molecule has 0 aliphatic carbocycles. The Labute approximate surface area is 405 Å². The maximum Gasteiger partial charge on any atom is 0.137 e. The highest BCUT2D eigenvalue weighted by Gasteiger charge is 2.43. The Balaban J connectivity index is 0.975. The molecule has 70 heavy (non-hydrogen) atoms. The number of furan rings is 3. The predicted octanol–water partition coefficient (Wildman–Crippen LogP) is 17.3. The first-order valence-electron chi connectivity index (χ1n) is 23.9. The van der Waals surface area contributed by atoms with Crippen molar-refractivity contribution in [3.63, 3.8) is 0 Å². The quantitative estimate of drug-likeness (QED) is 0.142. The fourth-order valence-corrected chi connectivity index (χ4v) is 14.6. The zero-order valence-corrected chi connectivity index (χ0v) is 39.6. The smallest absolute Gasteiger partial charge is 0.137 e. The molecule has 0 bridgehead atoms. The van der Waals surface area contributed by atoms with Gasteiger partial charge in [0.2, 0.25) is 0 Å². The van der Waals surface area contributed by atoms with Crippen molar-refractivity contribution in [1.82, 2.24) is 0 Å². The summed E-state index contributed by atoms with van der Waals surface area (Å²) in [7, 11) is -2.28. The normalized spacial score (nSPS) is 12.8. The largest absolute Gasteiger partial charge is 0.456 e. The van der Waals surface area contributed by atoms with Crippen molar-refractivity contribution in [2.24, 2.45) is 0 Å². The molecule has 13 aromatic rings. The lowest BCUT2D eigenvalue weighted by atomic mass is 10.0. The van der Waals surface area contributed by atoms with E-state index < -0.39 is 8.07 Å². The van der Waals surface area contributed by atoms with Crippen LogP contribution < -0.4 is 20.2 Å². The van der Waals surface area contributed by atoms with Crippen LogP contribution in [0.4, 0.5) is 34.1 Å². The van der Waals surface area contributed by atoms with E-state index in [0.29, 0.717) is 0 Å². The lowest BCUT2D eigenvalue weighted by molar-refractivity contribution is 0.635. The number of para-hydroxylation sites is 4. The van der Waals surface area contributed by atoms with Crippen molar-refractivity contribution in [3.05, 3.63) is 231 Å². The Morgan fingerprint density at radius 1 is 0.329 bits per heavy atom. The van der Waals surface area contributed by atoms with Crippen molar-refractivity contribution >= 4 is 107 Å². The predicted molar refractivity (Wildman–Crippen MR) is 293 cm³/mol. The van der Waals surface area contributed by atoms with E-state index >= 15 is 0 Å². The van der Waals surface area contributed by atoms with E-state index in [9.17, 15) is 0 Å². The summed E-state index contributed by atoms with van der Waals surface area (Å²) in [6.45, 7) is 4.93. The van der Waals surface area contributed by atoms with Crippen LogP contribution in [0.3, 0.4) is 0 Å². The third-order valence-corrected chi connectivity index (χ3v) is 18.0. The van der Waals surface area contributed by atoms with Gasteiger partial charge in [0.1, 0.15) is 41.7 Å². The summed E-state index contributed by atoms with van der Waals surface area (Å²) < 4.78 is 20.3. The van der Waals surface area contributed by atoms with E-state index in [-0.39, 0.29) is 0 Å². The SMILES string of the molecule is C[Si]1(C)c2ccc(N(c3ccccc3-c3ccccc3)c3cccc4oc5ccccc5c34)cc2-c2oc3cc(N(c4ccccc4-c4ccccc4)c4cccc5oc6ccccc6c45)ccc3c21. The van der Waals surface area contributed by atoms with Gasteiger partial charge in [0.25, 0.3) is 0 Å². The van der Waals surface area contributed by atoms with Gasteiger partial charge in [-0.2, -0.15) is 0 Å². The van der Waals surface area contributed by atoms with Gasteiger partial charge in [-0.1, -0.05) is 165 Å². The first-order valence-corrected chi connectivity index (χ1v) is 26.9. The standard InChI is InChI=1S/C64H44N2O3Si/c1-70(2)60-38-36-43(65(51-27-13-9-23-45(51)41-19-5-3-6-20-41)53-29-17-33-57-61(53)47-25-11-15-31-55(47)67-57)39-50(60)63-64(70)49-37-35-44(40-59(49)69-63)66(52-28-14-10-24-46(52)42-21-7-4-8-22-42)54-30-18-34-58-62(54)48-26-12-16-32-56(48)68-58/h3-40H,1-2H3. The lowest BCUT2D eigenvalue weighted by Gasteiger charge is -2.29. The zero-order valence-electron chi connectivity index (χ0n) is 38.6. The fraction of sp³-hybridized carbons (Fsp3) is 0.0312.